The molecule has 1 aromatic carbocycles. The number of furan rings is 1. The van der Waals surface area contributed by atoms with Crippen LogP contribution in [0.2, 0.25) is 5.02 Å². The average Bonchev–Trinajstić information content (AvgIpc) is 3.56. The van der Waals surface area contributed by atoms with E-state index >= 15 is 0 Å². The van der Waals surface area contributed by atoms with Gasteiger partial charge in [-0.05, 0) is 35.9 Å². The Kier molecular flexibility index (Phi) is 6.86. The first-order chi connectivity index (χ1) is 16.0. The van der Waals surface area contributed by atoms with Crippen LogP contribution in [0.15, 0.2) is 71.5 Å². The maximum Gasteiger partial charge on any atom is 0.348 e. The van der Waals surface area contributed by atoms with Crippen molar-refractivity contribution in [2.24, 2.45) is 0 Å². The van der Waals surface area contributed by atoms with Crippen LogP contribution in [0.4, 0.5) is 10.8 Å². The number of nitrogens with one attached hydrogen (secondary N) is 2. The molecule has 2 amide bonds. The number of hydrogen-bond donors (Lipinski definition) is 2. The summed E-state index contributed by atoms with van der Waals surface area (Å²) < 4.78 is 11.7. The topological polar surface area (TPSA) is 115 Å². The van der Waals surface area contributed by atoms with Gasteiger partial charge >= 0.3 is 5.97 Å². The van der Waals surface area contributed by atoms with E-state index < -0.39 is 24.4 Å². The number of ether oxygens (including phenoxy) is 1. The smallest absolute Gasteiger partial charge is 0.348 e. The molecular weight excluding hydrogens is 468 g/mol. The van der Waals surface area contributed by atoms with Crippen molar-refractivity contribution in [1.29, 1.82) is 0 Å². The van der Waals surface area contributed by atoms with Crippen molar-refractivity contribution in [1.82, 2.24) is 9.78 Å². The van der Waals surface area contributed by atoms with Crippen molar-refractivity contribution in [2.45, 2.75) is 6.54 Å². The molecule has 33 heavy (non-hydrogen) atoms. The first kappa shape index (κ1) is 22.3. The van der Waals surface area contributed by atoms with Gasteiger partial charge in [0.05, 0.1) is 24.0 Å². The van der Waals surface area contributed by atoms with Gasteiger partial charge in [-0.25, -0.2) is 9.48 Å². The number of carbonyl (C=O) groups excluding carboxylic acids is 3. The summed E-state index contributed by atoms with van der Waals surface area (Å²) in [6.45, 7) is -0.119. The molecular formula is C22H17ClN4O5S. The van der Waals surface area contributed by atoms with E-state index in [1.165, 1.54) is 18.4 Å². The molecule has 0 unspecified atom stereocenters. The van der Waals surface area contributed by atoms with Gasteiger partial charge in [0, 0.05) is 11.1 Å². The SMILES string of the molecule is O=C(COC(=O)c1ccc(NC(=O)c2ccco2)s1)Nc1ccnn1Cc1ccccc1Cl. The predicted octanol–water partition coefficient (Wildman–Crippen LogP) is 4.29. The summed E-state index contributed by atoms with van der Waals surface area (Å²) in [6.07, 6.45) is 2.93. The molecule has 0 radical (unpaired) electrons. The van der Waals surface area contributed by atoms with Gasteiger partial charge in [0.2, 0.25) is 0 Å². The van der Waals surface area contributed by atoms with Gasteiger partial charge < -0.3 is 19.8 Å². The highest BCUT2D eigenvalue weighted by Crippen LogP contribution is 2.23. The minimum atomic E-state index is -0.682. The lowest BCUT2D eigenvalue weighted by molar-refractivity contribution is -0.119. The zero-order chi connectivity index (χ0) is 23.2. The van der Waals surface area contributed by atoms with Crippen LogP contribution in [0, 0.1) is 0 Å². The normalized spacial score (nSPS) is 10.6. The third kappa shape index (κ3) is 5.68. The molecule has 2 N–H and O–H groups in total. The summed E-state index contributed by atoms with van der Waals surface area (Å²) >= 11 is 7.21. The maximum absolute atomic E-state index is 12.3. The molecule has 9 nitrogen and oxygen atoms in total. The van der Waals surface area contributed by atoms with Crippen molar-refractivity contribution in [3.63, 3.8) is 0 Å². The third-order valence-electron chi connectivity index (χ3n) is 4.39. The van der Waals surface area contributed by atoms with Crippen LogP contribution in [0.25, 0.3) is 0 Å². The number of esters is 1. The van der Waals surface area contributed by atoms with Gasteiger partial charge in [0.15, 0.2) is 12.4 Å². The maximum atomic E-state index is 12.3. The van der Waals surface area contributed by atoms with E-state index in [9.17, 15) is 14.4 Å². The number of amides is 2. The average molecular weight is 485 g/mol. The van der Waals surface area contributed by atoms with Crippen molar-refractivity contribution in [3.05, 3.63) is 88.3 Å². The van der Waals surface area contributed by atoms with Crippen LogP contribution in [-0.2, 0) is 16.1 Å². The molecule has 0 fully saturated rings. The monoisotopic (exact) mass is 484 g/mol. The van der Waals surface area contributed by atoms with E-state index in [4.69, 9.17) is 20.8 Å². The van der Waals surface area contributed by atoms with E-state index in [1.54, 1.807) is 35.1 Å². The summed E-state index contributed by atoms with van der Waals surface area (Å²) in [6, 6.07) is 15.1. The van der Waals surface area contributed by atoms with Crippen molar-refractivity contribution < 1.29 is 23.5 Å². The molecule has 4 rings (SSSR count). The molecule has 0 saturated carbocycles. The molecule has 0 bridgehead atoms. The Morgan fingerprint density at radius 1 is 1.06 bits per heavy atom. The first-order valence-corrected chi connectivity index (χ1v) is 10.9. The van der Waals surface area contributed by atoms with Crippen LogP contribution in [0.1, 0.15) is 25.8 Å². The molecule has 11 heteroatoms. The molecule has 3 heterocycles. The number of rotatable bonds is 8. The van der Waals surface area contributed by atoms with Crippen molar-refractivity contribution in [3.8, 4) is 0 Å². The van der Waals surface area contributed by atoms with E-state index in [0.717, 1.165) is 16.9 Å². The number of aromatic nitrogens is 2. The molecule has 0 saturated heterocycles. The number of nitrogens with zero attached hydrogens (tertiary/aromatic N) is 2. The molecule has 3 aromatic heterocycles. The Morgan fingerprint density at radius 2 is 1.91 bits per heavy atom. The Morgan fingerprint density at radius 3 is 2.70 bits per heavy atom. The zero-order valence-electron chi connectivity index (χ0n) is 17.0. The lowest BCUT2D eigenvalue weighted by atomic mass is 10.2. The van der Waals surface area contributed by atoms with Crippen LogP contribution in [0.3, 0.4) is 0 Å². The van der Waals surface area contributed by atoms with Gasteiger partial charge in [-0.1, -0.05) is 29.8 Å². The highest BCUT2D eigenvalue weighted by atomic mass is 35.5. The van der Waals surface area contributed by atoms with Crippen LogP contribution < -0.4 is 10.6 Å². The minimum Gasteiger partial charge on any atom is -0.459 e. The summed E-state index contributed by atoms with van der Waals surface area (Å²) in [5.41, 5.74) is 0.845. The fourth-order valence-electron chi connectivity index (χ4n) is 2.83. The lowest BCUT2D eigenvalue weighted by Gasteiger charge is -2.10. The van der Waals surface area contributed by atoms with Gasteiger partial charge in [-0.3, -0.25) is 9.59 Å². The molecule has 0 spiro atoms. The number of thiophene rings is 1. The highest BCUT2D eigenvalue weighted by molar-refractivity contribution is 7.18. The van der Waals surface area contributed by atoms with E-state index in [1.807, 2.05) is 18.2 Å². The Labute approximate surface area is 196 Å². The van der Waals surface area contributed by atoms with Gasteiger partial charge in [-0.2, -0.15) is 5.10 Å². The van der Waals surface area contributed by atoms with Gasteiger partial charge in [-0.15, -0.1) is 11.3 Å². The molecule has 168 valence electrons. The molecule has 4 aromatic rings. The number of carbonyl (C=O) groups is 3. The predicted molar refractivity (Wildman–Crippen MR) is 123 cm³/mol. The van der Waals surface area contributed by atoms with Crippen molar-refractivity contribution >= 4 is 51.5 Å². The second kappa shape index (κ2) is 10.2. The minimum absolute atomic E-state index is 0.151. The first-order valence-electron chi connectivity index (χ1n) is 9.66. The largest absolute Gasteiger partial charge is 0.459 e. The summed E-state index contributed by atoms with van der Waals surface area (Å²) in [7, 11) is 0. The molecule has 0 aliphatic rings. The van der Waals surface area contributed by atoms with Crippen LogP contribution >= 0.6 is 22.9 Å². The third-order valence-corrected chi connectivity index (χ3v) is 5.73. The van der Waals surface area contributed by atoms with Crippen LogP contribution in [-0.4, -0.2) is 34.2 Å². The fourth-order valence-corrected chi connectivity index (χ4v) is 3.82. The van der Waals surface area contributed by atoms with Gasteiger partial charge in [0.1, 0.15) is 10.7 Å². The molecule has 0 aliphatic carbocycles. The van der Waals surface area contributed by atoms with Crippen LogP contribution in [0.5, 0.6) is 0 Å². The number of anilines is 2. The van der Waals surface area contributed by atoms with E-state index in [-0.39, 0.29) is 10.6 Å². The van der Waals surface area contributed by atoms with E-state index in [0.29, 0.717) is 22.4 Å². The quantitative estimate of drug-likeness (QED) is 0.360. The fraction of sp³-hybridized carbons (Fsp3) is 0.0909. The van der Waals surface area contributed by atoms with Gasteiger partial charge in [0.25, 0.3) is 11.8 Å². The van der Waals surface area contributed by atoms with Crippen molar-refractivity contribution in [2.75, 3.05) is 17.2 Å². The summed E-state index contributed by atoms with van der Waals surface area (Å²) in [5, 5.41) is 10.5. The zero-order valence-corrected chi connectivity index (χ0v) is 18.6. The number of benzene rings is 1. The second-order valence-electron chi connectivity index (χ2n) is 6.69. The Hall–Kier alpha value is -3.89. The summed E-state index contributed by atoms with van der Waals surface area (Å²) in [5.74, 6) is -1.05. The second-order valence-corrected chi connectivity index (χ2v) is 8.18. The Bertz CT molecular complexity index is 1280. The van der Waals surface area contributed by atoms with E-state index in [2.05, 4.69) is 15.7 Å². The molecule has 0 aliphatic heterocycles. The summed E-state index contributed by atoms with van der Waals surface area (Å²) in [4.78, 5) is 36.8. The highest BCUT2D eigenvalue weighted by Gasteiger charge is 2.16. The Balaban J connectivity index is 1.29. The standard InChI is InChI=1S/C22H17ClN4O5S/c23-15-5-2-1-4-14(15)12-27-18(9-10-24-27)25-19(28)13-32-22(30)17-7-8-20(33-17)26-21(29)16-6-3-11-31-16/h1-11H,12-13H2,(H,25,28)(H,26,29). The number of halogens is 1. The molecule has 0 atom stereocenters. The lowest BCUT2D eigenvalue weighted by Crippen LogP contribution is -2.22. The number of hydrogen-bond acceptors (Lipinski definition) is 7.